The highest BCUT2D eigenvalue weighted by Gasteiger charge is 2.37. The normalized spacial score (nSPS) is 26.4. The van der Waals surface area contributed by atoms with Gasteiger partial charge in [0.15, 0.2) is 0 Å². The highest BCUT2D eigenvalue weighted by Crippen LogP contribution is 2.36. The van der Waals surface area contributed by atoms with Crippen LogP contribution in [0.15, 0.2) is 12.1 Å². The molecule has 0 aromatic heterocycles. The molecule has 2 heterocycles. The van der Waals surface area contributed by atoms with Crippen LogP contribution in [-0.2, 0) is 11.3 Å². The summed E-state index contributed by atoms with van der Waals surface area (Å²) in [5, 5.41) is 13.5. The molecule has 2 aliphatic heterocycles. The molecule has 0 saturated carbocycles. The van der Waals surface area contributed by atoms with Crippen molar-refractivity contribution < 1.29 is 9.90 Å². The molecule has 2 aliphatic rings. The summed E-state index contributed by atoms with van der Waals surface area (Å²) in [4.78, 5) is 13.7. The van der Waals surface area contributed by atoms with Gasteiger partial charge < -0.3 is 10.4 Å². The van der Waals surface area contributed by atoms with Crippen molar-refractivity contribution in [2.24, 2.45) is 11.8 Å². The molecule has 0 aliphatic carbocycles. The average Bonchev–Trinajstić information content (AvgIpc) is 2.81. The maximum absolute atomic E-state index is 11.4. The van der Waals surface area contributed by atoms with Crippen molar-refractivity contribution in [3.8, 4) is 5.75 Å². The molecule has 1 aromatic rings. The van der Waals surface area contributed by atoms with Gasteiger partial charge in [-0.3, -0.25) is 9.69 Å². The van der Waals surface area contributed by atoms with Gasteiger partial charge in [-0.1, -0.05) is 23.2 Å². The number of hydrogen-bond acceptors (Lipinski definition) is 3. The lowest BCUT2D eigenvalue weighted by Gasteiger charge is -2.23. The maximum atomic E-state index is 11.4. The number of fused-ring (bicyclic) bond motifs is 1. The minimum absolute atomic E-state index is 0.0551. The van der Waals surface area contributed by atoms with Gasteiger partial charge in [-0.25, -0.2) is 0 Å². The van der Waals surface area contributed by atoms with Gasteiger partial charge in [-0.2, -0.15) is 0 Å². The largest absolute Gasteiger partial charge is 0.506 e. The number of carbonyl (C=O) groups is 1. The summed E-state index contributed by atoms with van der Waals surface area (Å²) in [6.45, 7) is 3.16. The third-order valence-electron chi connectivity index (χ3n) is 4.21. The van der Waals surface area contributed by atoms with E-state index in [1.807, 2.05) is 0 Å². The predicted octanol–water partition coefficient (Wildman–Crippen LogP) is 2.27. The van der Waals surface area contributed by atoms with E-state index in [-0.39, 0.29) is 11.7 Å². The Morgan fingerprint density at radius 1 is 1.30 bits per heavy atom. The molecule has 6 heteroatoms. The number of amides is 1. The number of phenolic OH excluding ortho intramolecular Hbond substituents is 1. The van der Waals surface area contributed by atoms with Crippen molar-refractivity contribution in [1.29, 1.82) is 0 Å². The summed E-state index contributed by atoms with van der Waals surface area (Å²) in [6, 6.07) is 3.16. The first kappa shape index (κ1) is 14.0. The number of rotatable bonds is 2. The van der Waals surface area contributed by atoms with E-state index in [1.54, 1.807) is 6.07 Å². The van der Waals surface area contributed by atoms with E-state index in [0.717, 1.165) is 25.2 Å². The second kappa shape index (κ2) is 5.43. The van der Waals surface area contributed by atoms with Crippen LogP contribution >= 0.6 is 23.2 Å². The molecule has 2 N–H and O–H groups in total. The second-order valence-corrected chi connectivity index (χ2v) is 6.37. The van der Waals surface area contributed by atoms with Gasteiger partial charge in [-0.05, 0) is 24.0 Å². The SMILES string of the molecule is O=C1C[C@@H]2CN(Cc3c(Cl)ccc(O)c3Cl)C[C@@H]2CN1. The standard InChI is InChI=1S/C14H16Cl2N2O2/c15-11-1-2-12(19)14(16)10(11)7-18-5-8-3-13(20)17-4-9(8)6-18/h1-2,8-9,19H,3-7H2,(H,17,20)/t8-,9+/m1/s1. The quantitative estimate of drug-likeness (QED) is 0.880. The van der Waals surface area contributed by atoms with Crippen molar-refractivity contribution >= 4 is 29.1 Å². The van der Waals surface area contributed by atoms with Crippen LogP contribution in [0.4, 0.5) is 0 Å². The van der Waals surface area contributed by atoms with Crippen LogP contribution in [0, 0.1) is 11.8 Å². The molecule has 2 fully saturated rings. The van der Waals surface area contributed by atoms with Crippen LogP contribution in [0.3, 0.4) is 0 Å². The molecule has 2 atom stereocenters. The summed E-state index contributed by atoms with van der Waals surface area (Å²) >= 11 is 12.3. The van der Waals surface area contributed by atoms with E-state index < -0.39 is 0 Å². The monoisotopic (exact) mass is 314 g/mol. The Kier molecular flexibility index (Phi) is 3.80. The van der Waals surface area contributed by atoms with Crippen molar-refractivity contribution in [1.82, 2.24) is 10.2 Å². The Morgan fingerprint density at radius 3 is 2.85 bits per heavy atom. The molecule has 0 radical (unpaired) electrons. The first-order valence-electron chi connectivity index (χ1n) is 6.69. The number of nitrogens with zero attached hydrogens (tertiary/aromatic N) is 1. The van der Waals surface area contributed by atoms with Gasteiger partial charge >= 0.3 is 0 Å². The first-order valence-corrected chi connectivity index (χ1v) is 7.45. The van der Waals surface area contributed by atoms with Gasteiger partial charge in [0.1, 0.15) is 5.75 Å². The van der Waals surface area contributed by atoms with E-state index >= 15 is 0 Å². The van der Waals surface area contributed by atoms with Crippen molar-refractivity contribution in [2.45, 2.75) is 13.0 Å². The van der Waals surface area contributed by atoms with Crippen molar-refractivity contribution in [3.63, 3.8) is 0 Å². The zero-order valence-corrected chi connectivity index (χ0v) is 12.4. The minimum Gasteiger partial charge on any atom is -0.506 e. The van der Waals surface area contributed by atoms with E-state index in [4.69, 9.17) is 23.2 Å². The van der Waals surface area contributed by atoms with Crippen molar-refractivity contribution in [3.05, 3.63) is 27.7 Å². The Morgan fingerprint density at radius 2 is 2.05 bits per heavy atom. The number of piperidine rings is 1. The molecule has 1 amide bonds. The average molecular weight is 315 g/mol. The zero-order chi connectivity index (χ0) is 14.3. The van der Waals surface area contributed by atoms with Crippen LogP contribution in [0.2, 0.25) is 10.0 Å². The fraction of sp³-hybridized carbons (Fsp3) is 0.500. The van der Waals surface area contributed by atoms with Crippen LogP contribution in [-0.4, -0.2) is 35.5 Å². The van der Waals surface area contributed by atoms with Crippen molar-refractivity contribution in [2.75, 3.05) is 19.6 Å². The summed E-state index contributed by atoms with van der Waals surface area (Å²) in [6.07, 6.45) is 0.600. The lowest BCUT2D eigenvalue weighted by atomic mass is 9.89. The molecule has 4 nitrogen and oxygen atoms in total. The zero-order valence-electron chi connectivity index (χ0n) is 10.9. The molecule has 20 heavy (non-hydrogen) atoms. The Labute approximate surface area is 127 Å². The van der Waals surface area contributed by atoms with E-state index in [0.29, 0.717) is 34.8 Å². The third kappa shape index (κ3) is 2.60. The highest BCUT2D eigenvalue weighted by molar-refractivity contribution is 6.36. The Balaban J connectivity index is 1.74. The smallest absolute Gasteiger partial charge is 0.220 e. The molecular weight excluding hydrogens is 299 g/mol. The van der Waals surface area contributed by atoms with E-state index in [1.165, 1.54) is 6.07 Å². The summed E-state index contributed by atoms with van der Waals surface area (Å²) in [7, 11) is 0. The summed E-state index contributed by atoms with van der Waals surface area (Å²) < 4.78 is 0. The maximum Gasteiger partial charge on any atom is 0.220 e. The number of phenols is 1. The number of hydrogen-bond donors (Lipinski definition) is 2. The molecule has 1 aromatic carbocycles. The van der Waals surface area contributed by atoms with Gasteiger partial charge in [0.05, 0.1) is 5.02 Å². The minimum atomic E-state index is 0.0551. The van der Waals surface area contributed by atoms with E-state index in [9.17, 15) is 9.90 Å². The number of aromatic hydroxyl groups is 1. The third-order valence-corrected chi connectivity index (χ3v) is 4.98. The van der Waals surface area contributed by atoms with Gasteiger partial charge in [0.2, 0.25) is 5.91 Å². The van der Waals surface area contributed by atoms with Gasteiger partial charge in [0, 0.05) is 43.2 Å². The molecule has 108 valence electrons. The first-order chi connectivity index (χ1) is 9.54. The second-order valence-electron chi connectivity index (χ2n) is 5.58. The van der Waals surface area contributed by atoms with Gasteiger partial charge in [0.25, 0.3) is 0 Å². The highest BCUT2D eigenvalue weighted by atomic mass is 35.5. The van der Waals surface area contributed by atoms with Crippen LogP contribution in [0.1, 0.15) is 12.0 Å². The van der Waals surface area contributed by atoms with E-state index in [2.05, 4.69) is 10.2 Å². The Bertz CT molecular complexity index is 550. The van der Waals surface area contributed by atoms with Crippen LogP contribution in [0.5, 0.6) is 5.75 Å². The molecule has 0 unspecified atom stereocenters. The number of likely N-dealkylation sites (tertiary alicyclic amines) is 1. The lowest BCUT2D eigenvalue weighted by Crippen LogP contribution is -2.39. The van der Waals surface area contributed by atoms with Crippen LogP contribution < -0.4 is 5.32 Å². The topological polar surface area (TPSA) is 52.6 Å². The predicted molar refractivity (Wildman–Crippen MR) is 78.0 cm³/mol. The molecule has 0 bridgehead atoms. The number of halogens is 2. The molecule has 0 spiro atoms. The molecule has 2 saturated heterocycles. The fourth-order valence-corrected chi connectivity index (χ4v) is 3.63. The lowest BCUT2D eigenvalue weighted by molar-refractivity contribution is -0.124. The molecular formula is C14H16Cl2N2O2. The Hall–Kier alpha value is -0.970. The molecule has 3 rings (SSSR count). The number of benzene rings is 1. The summed E-state index contributed by atoms with van der Waals surface area (Å²) in [5.74, 6) is 1.11. The fourth-order valence-electron chi connectivity index (χ4n) is 3.14. The van der Waals surface area contributed by atoms with Crippen LogP contribution in [0.25, 0.3) is 0 Å². The summed E-state index contributed by atoms with van der Waals surface area (Å²) in [5.41, 5.74) is 0.756. The number of carbonyl (C=O) groups excluding carboxylic acids is 1. The van der Waals surface area contributed by atoms with Gasteiger partial charge in [-0.15, -0.1) is 0 Å². The number of nitrogens with one attached hydrogen (secondary N) is 1.